The van der Waals surface area contributed by atoms with Crippen molar-refractivity contribution in [2.75, 3.05) is 6.26 Å². The lowest BCUT2D eigenvalue weighted by Gasteiger charge is -2.37. The van der Waals surface area contributed by atoms with Crippen molar-refractivity contribution in [1.29, 1.82) is 5.26 Å². The zero-order chi connectivity index (χ0) is 17.5. The molecule has 3 rings (SSSR count). The fourth-order valence-corrected chi connectivity index (χ4v) is 3.82. The van der Waals surface area contributed by atoms with E-state index < -0.39 is 5.92 Å². The molecule has 0 spiro atoms. The predicted octanol–water partition coefficient (Wildman–Crippen LogP) is 3.86. The maximum Gasteiger partial charge on any atom is 0.205 e. The van der Waals surface area contributed by atoms with Gasteiger partial charge in [-0.2, -0.15) is 5.26 Å². The van der Waals surface area contributed by atoms with Gasteiger partial charge in [0.05, 0.1) is 5.92 Å². The van der Waals surface area contributed by atoms with Crippen LogP contribution in [-0.2, 0) is 9.53 Å². The van der Waals surface area contributed by atoms with Crippen molar-refractivity contribution >= 4 is 17.5 Å². The number of carbonyl (C=O) groups is 1. The summed E-state index contributed by atoms with van der Waals surface area (Å²) in [4.78, 5) is 13.9. The molecule has 1 aliphatic heterocycles. The second-order valence-electron chi connectivity index (χ2n) is 6.98. The molecular weight excluding hydrogens is 320 g/mol. The Hall–Kier alpha value is -2.19. The van der Waals surface area contributed by atoms with E-state index in [1.807, 2.05) is 44.4 Å². The summed E-state index contributed by atoms with van der Waals surface area (Å²) in [6.45, 7) is 4.08. The molecule has 0 bridgehead atoms. The Bertz CT molecular complexity index is 798. The minimum atomic E-state index is -0.432. The highest BCUT2D eigenvalue weighted by Gasteiger charge is 2.42. The number of nitrogens with zero attached hydrogens (tertiary/aromatic N) is 1. The lowest BCUT2D eigenvalue weighted by Crippen LogP contribution is -2.33. The van der Waals surface area contributed by atoms with E-state index in [9.17, 15) is 10.1 Å². The highest BCUT2D eigenvalue weighted by molar-refractivity contribution is 7.98. The van der Waals surface area contributed by atoms with Crippen molar-refractivity contribution in [1.82, 2.24) is 0 Å². The van der Waals surface area contributed by atoms with Crippen LogP contribution in [0.2, 0.25) is 0 Å². The normalized spacial score (nSPS) is 22.8. The van der Waals surface area contributed by atoms with Gasteiger partial charge in [0.25, 0.3) is 0 Å². The quantitative estimate of drug-likeness (QED) is 0.827. The highest BCUT2D eigenvalue weighted by atomic mass is 32.2. The van der Waals surface area contributed by atoms with Crippen molar-refractivity contribution in [3.05, 3.63) is 52.6 Å². The van der Waals surface area contributed by atoms with E-state index in [4.69, 9.17) is 10.5 Å². The molecule has 1 atom stereocenters. The Morgan fingerprint density at radius 3 is 2.54 bits per heavy atom. The summed E-state index contributed by atoms with van der Waals surface area (Å²) in [5.74, 6) is 0.339. The van der Waals surface area contributed by atoms with E-state index in [1.165, 1.54) is 0 Å². The number of ketones is 1. The van der Waals surface area contributed by atoms with Crippen LogP contribution in [0.25, 0.3) is 0 Å². The van der Waals surface area contributed by atoms with Gasteiger partial charge in [-0.3, -0.25) is 4.79 Å². The smallest absolute Gasteiger partial charge is 0.205 e. The largest absolute Gasteiger partial charge is 0.444 e. The summed E-state index contributed by atoms with van der Waals surface area (Å²) < 4.78 is 5.69. The van der Waals surface area contributed by atoms with Gasteiger partial charge in [0.1, 0.15) is 17.4 Å². The summed E-state index contributed by atoms with van der Waals surface area (Å²) in [6, 6.07) is 10.1. The van der Waals surface area contributed by atoms with E-state index in [1.54, 1.807) is 11.8 Å². The Morgan fingerprint density at radius 1 is 1.29 bits per heavy atom. The van der Waals surface area contributed by atoms with Crippen LogP contribution >= 0.6 is 11.8 Å². The number of hydrogen-bond donors (Lipinski definition) is 1. The number of thioether (sulfide) groups is 1. The first-order valence-electron chi connectivity index (χ1n) is 7.84. The molecule has 0 saturated heterocycles. The van der Waals surface area contributed by atoms with Crippen LogP contribution in [0.3, 0.4) is 0 Å². The minimum Gasteiger partial charge on any atom is -0.444 e. The van der Waals surface area contributed by atoms with E-state index in [-0.39, 0.29) is 17.1 Å². The predicted molar refractivity (Wildman–Crippen MR) is 93.9 cm³/mol. The third kappa shape index (κ3) is 2.83. The van der Waals surface area contributed by atoms with Gasteiger partial charge in [-0.1, -0.05) is 26.0 Å². The van der Waals surface area contributed by atoms with Gasteiger partial charge in [0.2, 0.25) is 5.88 Å². The van der Waals surface area contributed by atoms with Crippen LogP contribution in [-0.4, -0.2) is 12.0 Å². The Labute approximate surface area is 146 Å². The number of nitrogens with two attached hydrogens (primary N) is 1. The van der Waals surface area contributed by atoms with E-state index in [2.05, 4.69) is 6.07 Å². The first-order chi connectivity index (χ1) is 11.4. The van der Waals surface area contributed by atoms with Gasteiger partial charge in [0, 0.05) is 23.3 Å². The number of ether oxygens (including phenoxy) is 1. The number of hydrogen-bond acceptors (Lipinski definition) is 5. The van der Waals surface area contributed by atoms with E-state index in [0.29, 0.717) is 29.7 Å². The summed E-state index contributed by atoms with van der Waals surface area (Å²) >= 11 is 1.65. The fraction of sp³-hybridized carbons (Fsp3) is 0.368. The SMILES string of the molecule is CSc1ccc([C@H]2C(C#N)=C(N)OC3=C2C(=O)CC(C)(C)C3)cc1. The van der Waals surface area contributed by atoms with Gasteiger partial charge in [-0.25, -0.2) is 0 Å². The second-order valence-corrected chi connectivity index (χ2v) is 7.86. The van der Waals surface area contributed by atoms with Gasteiger partial charge < -0.3 is 10.5 Å². The molecule has 1 aromatic carbocycles. The number of nitriles is 1. The van der Waals surface area contributed by atoms with Crippen LogP contribution in [0.5, 0.6) is 0 Å². The molecule has 4 nitrogen and oxygen atoms in total. The maximum atomic E-state index is 12.8. The molecule has 1 aliphatic carbocycles. The average molecular weight is 340 g/mol. The molecule has 2 N–H and O–H groups in total. The number of rotatable bonds is 2. The minimum absolute atomic E-state index is 0.0421. The van der Waals surface area contributed by atoms with Gasteiger partial charge in [-0.15, -0.1) is 11.8 Å². The highest BCUT2D eigenvalue weighted by Crippen LogP contribution is 2.47. The lowest BCUT2D eigenvalue weighted by molar-refractivity contribution is -0.119. The average Bonchev–Trinajstić information content (AvgIpc) is 2.52. The molecule has 24 heavy (non-hydrogen) atoms. The first-order valence-corrected chi connectivity index (χ1v) is 9.06. The molecule has 124 valence electrons. The third-order valence-corrected chi connectivity index (χ3v) is 5.27. The molecule has 1 aromatic rings. The number of benzene rings is 1. The van der Waals surface area contributed by atoms with E-state index >= 15 is 0 Å². The van der Waals surface area contributed by atoms with Gasteiger partial charge >= 0.3 is 0 Å². The van der Waals surface area contributed by atoms with Crippen LogP contribution in [0, 0.1) is 16.7 Å². The molecule has 0 amide bonds. The second kappa shape index (κ2) is 6.03. The zero-order valence-electron chi connectivity index (χ0n) is 14.1. The molecule has 0 unspecified atom stereocenters. The molecular formula is C19H20N2O2S. The van der Waals surface area contributed by atoms with Crippen LogP contribution in [0.15, 0.2) is 51.9 Å². The van der Waals surface area contributed by atoms with Crippen molar-refractivity contribution in [3.63, 3.8) is 0 Å². The van der Waals surface area contributed by atoms with Crippen molar-refractivity contribution in [2.24, 2.45) is 11.1 Å². The van der Waals surface area contributed by atoms with Crippen molar-refractivity contribution < 1.29 is 9.53 Å². The molecule has 0 fully saturated rings. The maximum absolute atomic E-state index is 12.8. The van der Waals surface area contributed by atoms with E-state index in [0.717, 1.165) is 10.5 Å². The van der Waals surface area contributed by atoms with Gasteiger partial charge in [-0.05, 0) is 29.4 Å². The summed E-state index contributed by atoms with van der Waals surface area (Å²) in [5.41, 5.74) is 7.65. The Morgan fingerprint density at radius 2 is 1.96 bits per heavy atom. The summed E-state index contributed by atoms with van der Waals surface area (Å²) in [5, 5.41) is 9.57. The van der Waals surface area contributed by atoms with Crippen molar-refractivity contribution in [3.8, 4) is 6.07 Å². The fourth-order valence-electron chi connectivity index (χ4n) is 3.41. The number of Topliss-reactive ketones (excluding diaryl/α,β-unsaturated/α-hetero) is 1. The van der Waals surface area contributed by atoms with Crippen molar-refractivity contribution in [2.45, 2.75) is 37.5 Å². The zero-order valence-corrected chi connectivity index (χ0v) is 14.9. The lowest BCUT2D eigenvalue weighted by atomic mass is 9.70. The molecule has 0 saturated carbocycles. The number of allylic oxidation sites excluding steroid dienone is 3. The molecule has 2 aliphatic rings. The van der Waals surface area contributed by atoms with Crippen LogP contribution in [0.1, 0.15) is 38.2 Å². The molecule has 1 heterocycles. The monoisotopic (exact) mass is 340 g/mol. The number of carbonyl (C=O) groups excluding carboxylic acids is 1. The molecule has 5 heteroatoms. The molecule has 0 aromatic heterocycles. The summed E-state index contributed by atoms with van der Waals surface area (Å²) in [7, 11) is 0. The third-order valence-electron chi connectivity index (χ3n) is 4.52. The molecule has 0 radical (unpaired) electrons. The van der Waals surface area contributed by atoms with Crippen LogP contribution < -0.4 is 5.73 Å². The summed E-state index contributed by atoms with van der Waals surface area (Å²) in [6.07, 6.45) is 3.11. The van der Waals surface area contributed by atoms with Crippen LogP contribution in [0.4, 0.5) is 0 Å². The Balaban J connectivity index is 2.14. The van der Waals surface area contributed by atoms with Gasteiger partial charge in [0.15, 0.2) is 5.78 Å². The first kappa shape index (κ1) is 16.7. The standard InChI is InChI=1S/C19H20N2O2S/c1-19(2)8-14(22)17-15(9-19)23-18(21)13(10-20)16(17)11-4-6-12(24-3)7-5-11/h4-7,16H,8-9,21H2,1-3H3/t16-/m0/s1. The topological polar surface area (TPSA) is 76.1 Å². The Kier molecular flexibility index (Phi) is 4.18.